The van der Waals surface area contributed by atoms with Crippen molar-refractivity contribution in [3.63, 3.8) is 0 Å². The molecule has 1 unspecified atom stereocenters. The van der Waals surface area contributed by atoms with Gasteiger partial charge in [-0.15, -0.1) is 0 Å². The van der Waals surface area contributed by atoms with Gasteiger partial charge in [-0.2, -0.15) is 0 Å². The number of piperidine rings is 3. The van der Waals surface area contributed by atoms with Crippen LogP contribution in [-0.4, -0.2) is 43.8 Å². The first-order chi connectivity index (χ1) is 16.9. The molecule has 1 N–H and O–H groups in total. The third-order valence-electron chi connectivity index (χ3n) is 8.38. The highest BCUT2D eigenvalue weighted by atomic mass is 16.6. The minimum atomic E-state index is -0.274. The average Bonchev–Trinajstić information content (AvgIpc) is 3.12. The zero-order chi connectivity index (χ0) is 24.2. The van der Waals surface area contributed by atoms with Gasteiger partial charge in [-0.3, -0.25) is 4.90 Å². The third-order valence-corrected chi connectivity index (χ3v) is 8.38. The van der Waals surface area contributed by atoms with Crippen LogP contribution in [0, 0.1) is 11.3 Å². The molecule has 2 atom stereocenters. The van der Waals surface area contributed by atoms with Crippen molar-refractivity contribution >= 4 is 16.9 Å². The summed E-state index contributed by atoms with van der Waals surface area (Å²) in [7, 11) is 1.70. The van der Waals surface area contributed by atoms with Crippen LogP contribution < -0.4 is 10.1 Å². The third kappa shape index (κ3) is 4.16. The summed E-state index contributed by atoms with van der Waals surface area (Å²) < 4.78 is 11.3. The molecule has 3 aliphatic heterocycles. The Kier molecular flexibility index (Phi) is 5.48. The van der Waals surface area contributed by atoms with Crippen LogP contribution in [0.3, 0.4) is 0 Å². The lowest BCUT2D eigenvalue weighted by molar-refractivity contribution is -0.0348. The lowest BCUT2D eigenvalue weighted by Crippen LogP contribution is -2.53. The molecule has 35 heavy (non-hydrogen) atoms. The highest BCUT2D eigenvalue weighted by molar-refractivity contribution is 5.88. The Balaban J connectivity index is 1.21. The van der Waals surface area contributed by atoms with Crippen molar-refractivity contribution in [1.82, 2.24) is 10.2 Å². The van der Waals surface area contributed by atoms with E-state index in [1.807, 2.05) is 6.07 Å². The number of amides is 1. The fourth-order valence-electron chi connectivity index (χ4n) is 6.37. The van der Waals surface area contributed by atoms with Crippen LogP contribution in [0.15, 0.2) is 54.6 Å². The second-order valence-electron chi connectivity index (χ2n) is 11.2. The second-order valence-corrected chi connectivity index (χ2v) is 11.2. The van der Waals surface area contributed by atoms with E-state index in [2.05, 4.69) is 72.6 Å². The Morgan fingerprint density at radius 3 is 2.43 bits per heavy atom. The summed E-state index contributed by atoms with van der Waals surface area (Å²) in [6, 6.07) is 19.3. The number of hydrogen-bond donors (Lipinski definition) is 1. The molecule has 3 heterocycles. The first kappa shape index (κ1) is 22.4. The maximum Gasteiger partial charge on any atom is 0.407 e. The molecule has 3 saturated heterocycles. The molecule has 3 fully saturated rings. The molecule has 7 rings (SSSR count). The van der Waals surface area contributed by atoms with Gasteiger partial charge in [0.05, 0.1) is 13.2 Å². The Morgan fingerprint density at radius 1 is 0.971 bits per heavy atom. The molecule has 4 aliphatic rings. The number of alkyl carbamates (subject to hydrolysis) is 1. The average molecular weight is 471 g/mol. The highest BCUT2D eigenvalue weighted by Crippen LogP contribution is 2.46. The SMILES string of the molecule is COc1ccc2cc(-c3ccc4c(c3)CC(C)(C)C4NC(=O)O[C@@H]3CN4CCC3CC4)ccc2c1. The van der Waals surface area contributed by atoms with Crippen molar-refractivity contribution in [2.75, 3.05) is 26.7 Å². The summed E-state index contributed by atoms with van der Waals surface area (Å²) >= 11 is 0. The topological polar surface area (TPSA) is 50.8 Å². The van der Waals surface area contributed by atoms with Gasteiger partial charge in [0, 0.05) is 6.54 Å². The van der Waals surface area contributed by atoms with Crippen molar-refractivity contribution in [2.45, 2.75) is 45.3 Å². The number of carbonyl (C=O) groups is 1. The zero-order valence-corrected chi connectivity index (χ0v) is 20.8. The predicted octanol–water partition coefficient (Wildman–Crippen LogP) is 5.96. The van der Waals surface area contributed by atoms with Gasteiger partial charge in [0.2, 0.25) is 0 Å². The maximum absolute atomic E-state index is 12.9. The van der Waals surface area contributed by atoms with E-state index < -0.39 is 0 Å². The lowest BCUT2D eigenvalue weighted by atomic mass is 9.85. The molecular weight excluding hydrogens is 436 g/mol. The Bertz CT molecular complexity index is 1280. The molecule has 0 aromatic heterocycles. The van der Waals surface area contributed by atoms with Crippen LogP contribution in [0.1, 0.15) is 43.9 Å². The molecular formula is C30H34N2O3. The van der Waals surface area contributed by atoms with Crippen LogP contribution in [-0.2, 0) is 11.2 Å². The van der Waals surface area contributed by atoms with E-state index in [1.165, 1.54) is 33.0 Å². The van der Waals surface area contributed by atoms with Gasteiger partial charge in [-0.1, -0.05) is 50.2 Å². The summed E-state index contributed by atoms with van der Waals surface area (Å²) in [5, 5.41) is 5.60. The number of methoxy groups -OCH3 is 1. The van der Waals surface area contributed by atoms with Gasteiger partial charge in [0.25, 0.3) is 0 Å². The van der Waals surface area contributed by atoms with E-state index in [1.54, 1.807) is 7.11 Å². The summed E-state index contributed by atoms with van der Waals surface area (Å²) in [5.41, 5.74) is 4.83. The van der Waals surface area contributed by atoms with E-state index in [4.69, 9.17) is 9.47 Å². The molecule has 3 aromatic rings. The number of nitrogens with zero attached hydrogens (tertiary/aromatic N) is 1. The van der Waals surface area contributed by atoms with Crippen LogP contribution in [0.5, 0.6) is 5.75 Å². The Morgan fingerprint density at radius 2 is 1.69 bits per heavy atom. The summed E-state index contributed by atoms with van der Waals surface area (Å²) in [6.45, 7) is 7.63. The van der Waals surface area contributed by atoms with E-state index in [0.29, 0.717) is 5.92 Å². The number of nitrogens with one attached hydrogen (secondary N) is 1. The van der Waals surface area contributed by atoms with Crippen molar-refractivity contribution in [2.24, 2.45) is 11.3 Å². The summed E-state index contributed by atoms with van der Waals surface area (Å²) in [6.07, 6.45) is 2.95. The van der Waals surface area contributed by atoms with Crippen molar-refractivity contribution in [1.29, 1.82) is 0 Å². The number of carbonyl (C=O) groups excluding carboxylic acids is 1. The van der Waals surface area contributed by atoms with Crippen LogP contribution >= 0.6 is 0 Å². The zero-order valence-electron chi connectivity index (χ0n) is 20.8. The molecule has 1 amide bonds. The van der Waals surface area contributed by atoms with Gasteiger partial charge < -0.3 is 14.8 Å². The van der Waals surface area contributed by atoms with E-state index in [-0.39, 0.29) is 23.7 Å². The summed E-state index contributed by atoms with van der Waals surface area (Å²) in [5.74, 6) is 1.39. The Labute approximate surface area is 207 Å². The number of benzene rings is 3. The number of rotatable bonds is 4. The van der Waals surface area contributed by atoms with Gasteiger partial charge in [0.1, 0.15) is 11.9 Å². The fourth-order valence-corrected chi connectivity index (χ4v) is 6.37. The molecule has 3 aromatic carbocycles. The Hall–Kier alpha value is -3.05. The normalized spacial score (nSPS) is 26.4. The largest absolute Gasteiger partial charge is 0.497 e. The van der Waals surface area contributed by atoms with E-state index >= 15 is 0 Å². The van der Waals surface area contributed by atoms with E-state index in [9.17, 15) is 4.79 Å². The summed E-state index contributed by atoms with van der Waals surface area (Å²) in [4.78, 5) is 15.4. The molecule has 0 spiro atoms. The van der Waals surface area contributed by atoms with Crippen molar-refractivity contribution < 1.29 is 14.3 Å². The van der Waals surface area contributed by atoms with Gasteiger partial charge >= 0.3 is 6.09 Å². The minimum absolute atomic E-state index is 0.0248. The monoisotopic (exact) mass is 470 g/mol. The first-order valence-electron chi connectivity index (χ1n) is 12.8. The van der Waals surface area contributed by atoms with Crippen molar-refractivity contribution in [3.8, 4) is 16.9 Å². The standard InChI is InChI=1S/C30H34N2O3/c1-30(2)17-24-15-22(20-4-5-23-16-25(34-3)8-6-21(23)14-20)7-9-26(24)28(30)31-29(33)35-27-18-32-12-10-19(27)11-13-32/h4-9,14-16,19,27-28H,10-13,17-18H2,1-3H3,(H,31,33)/t27-,28?/m1/s1. The lowest BCUT2D eigenvalue weighted by Gasteiger charge is -2.44. The quantitative estimate of drug-likeness (QED) is 0.511. The van der Waals surface area contributed by atoms with Gasteiger partial charge in [-0.05, 0) is 94.9 Å². The number of hydrogen-bond acceptors (Lipinski definition) is 4. The molecule has 5 nitrogen and oxygen atoms in total. The number of ether oxygens (including phenoxy) is 2. The van der Waals surface area contributed by atoms with E-state index in [0.717, 1.165) is 44.6 Å². The fraction of sp³-hybridized carbons (Fsp3) is 0.433. The van der Waals surface area contributed by atoms with Crippen LogP contribution in [0.2, 0.25) is 0 Å². The van der Waals surface area contributed by atoms with Gasteiger partial charge in [0.15, 0.2) is 0 Å². The smallest absolute Gasteiger partial charge is 0.407 e. The molecule has 2 bridgehead atoms. The highest BCUT2D eigenvalue weighted by Gasteiger charge is 2.42. The van der Waals surface area contributed by atoms with Crippen molar-refractivity contribution in [3.05, 3.63) is 65.7 Å². The second kappa shape index (κ2) is 8.56. The van der Waals surface area contributed by atoms with Gasteiger partial charge in [-0.25, -0.2) is 4.79 Å². The minimum Gasteiger partial charge on any atom is -0.497 e. The molecule has 0 saturated carbocycles. The molecule has 5 heteroatoms. The maximum atomic E-state index is 12.9. The number of fused-ring (bicyclic) bond motifs is 5. The van der Waals surface area contributed by atoms with Crippen LogP contribution in [0.25, 0.3) is 21.9 Å². The van der Waals surface area contributed by atoms with Crippen LogP contribution in [0.4, 0.5) is 4.79 Å². The molecule has 182 valence electrons. The molecule has 0 radical (unpaired) electrons. The first-order valence-corrected chi connectivity index (χ1v) is 12.8. The molecule has 1 aliphatic carbocycles. The predicted molar refractivity (Wildman–Crippen MR) is 139 cm³/mol.